The molecule has 11 nitrogen and oxygen atoms in total. The number of amides is 3. The van der Waals surface area contributed by atoms with Gasteiger partial charge in [-0.2, -0.15) is 5.10 Å². The Balaban J connectivity index is 1.63. The molecule has 178 valence electrons. The van der Waals surface area contributed by atoms with Gasteiger partial charge in [-0.05, 0) is 32.2 Å². The van der Waals surface area contributed by atoms with Gasteiger partial charge in [-0.25, -0.2) is 14.6 Å². The Morgan fingerprint density at radius 3 is 2.47 bits per heavy atom. The van der Waals surface area contributed by atoms with Crippen LogP contribution in [0.2, 0.25) is 5.02 Å². The molecule has 1 aromatic carbocycles. The Kier molecular flexibility index (Phi) is 6.40. The predicted molar refractivity (Wildman–Crippen MR) is 128 cm³/mol. The molecule has 3 amide bonds. The average Bonchev–Trinajstić information content (AvgIpc) is 3.08. The second-order valence-corrected chi connectivity index (χ2v) is 8.53. The van der Waals surface area contributed by atoms with Crippen molar-refractivity contribution in [3.05, 3.63) is 46.2 Å². The number of rotatable bonds is 4. The molecule has 0 saturated carbocycles. The molecule has 1 saturated heterocycles. The zero-order chi connectivity index (χ0) is 24.6. The van der Waals surface area contributed by atoms with E-state index in [1.54, 1.807) is 11.7 Å². The fourth-order valence-electron chi connectivity index (χ4n) is 4.02. The van der Waals surface area contributed by atoms with Crippen molar-refractivity contribution in [2.75, 3.05) is 43.4 Å². The smallest absolute Gasteiger partial charge is 0.337 e. The van der Waals surface area contributed by atoms with Crippen LogP contribution in [-0.4, -0.2) is 75.9 Å². The molecule has 3 heterocycles. The van der Waals surface area contributed by atoms with Gasteiger partial charge >= 0.3 is 12.0 Å². The molecule has 34 heavy (non-hydrogen) atoms. The number of aryl methyl sites for hydroxylation is 2. The fraction of sp³-hybridized carbons (Fsp3) is 0.318. The molecule has 1 aliphatic heterocycles. The van der Waals surface area contributed by atoms with E-state index in [1.807, 2.05) is 14.0 Å². The maximum atomic E-state index is 13.2. The zero-order valence-electron chi connectivity index (χ0n) is 18.9. The van der Waals surface area contributed by atoms with E-state index in [4.69, 9.17) is 11.6 Å². The molecule has 1 fully saturated rings. The van der Waals surface area contributed by atoms with Crippen LogP contribution in [0.15, 0.2) is 24.4 Å². The number of imide groups is 1. The molecule has 0 aliphatic carbocycles. The van der Waals surface area contributed by atoms with Gasteiger partial charge in [0.25, 0.3) is 5.91 Å². The third kappa shape index (κ3) is 4.52. The maximum absolute atomic E-state index is 13.2. The summed E-state index contributed by atoms with van der Waals surface area (Å²) in [6.07, 6.45) is 1.45. The molecule has 12 heteroatoms. The predicted octanol–water partition coefficient (Wildman–Crippen LogP) is 2.34. The summed E-state index contributed by atoms with van der Waals surface area (Å²) in [4.78, 5) is 45.7. The van der Waals surface area contributed by atoms with Crippen molar-refractivity contribution in [1.29, 1.82) is 0 Å². The lowest BCUT2D eigenvalue weighted by Crippen LogP contribution is -2.45. The van der Waals surface area contributed by atoms with Crippen molar-refractivity contribution >= 4 is 51.9 Å². The monoisotopic (exact) mass is 485 g/mol. The van der Waals surface area contributed by atoms with Gasteiger partial charge in [-0.1, -0.05) is 11.6 Å². The summed E-state index contributed by atoms with van der Waals surface area (Å²) in [6.45, 7) is 4.93. The standard InChI is InChI=1S/C22H24ClN7O4/c1-12-17-18(30-8-6-28(2)7-9-30)15(11-24-19(17)29(3)27-12)20(31)26-22(34)25-13-4-5-16(23)14(10-13)21(32)33/h4-5,10-11H,6-9H2,1-3H3,(H,32,33)(H2,25,26,31,34). The second-order valence-electron chi connectivity index (χ2n) is 8.13. The number of anilines is 2. The van der Waals surface area contributed by atoms with Gasteiger partial charge in [0.15, 0.2) is 5.65 Å². The number of likely N-dealkylation sites (N-methyl/N-ethyl adjacent to an activating group) is 1. The van der Waals surface area contributed by atoms with E-state index in [0.717, 1.165) is 24.2 Å². The Bertz CT molecular complexity index is 1300. The van der Waals surface area contributed by atoms with Gasteiger partial charge in [0.1, 0.15) is 0 Å². The van der Waals surface area contributed by atoms with E-state index in [2.05, 4.69) is 30.5 Å². The van der Waals surface area contributed by atoms with Gasteiger partial charge in [0, 0.05) is 45.1 Å². The average molecular weight is 486 g/mol. The molecule has 4 rings (SSSR count). The first kappa shape index (κ1) is 23.5. The minimum absolute atomic E-state index is 0.0394. The van der Waals surface area contributed by atoms with E-state index < -0.39 is 17.9 Å². The number of urea groups is 1. The second kappa shape index (κ2) is 9.27. The summed E-state index contributed by atoms with van der Waals surface area (Å²) in [5.41, 5.74) is 2.35. The highest BCUT2D eigenvalue weighted by Gasteiger charge is 2.27. The topological polar surface area (TPSA) is 133 Å². The Labute approximate surface area is 200 Å². The first-order chi connectivity index (χ1) is 16.2. The van der Waals surface area contributed by atoms with E-state index in [1.165, 1.54) is 24.4 Å². The lowest BCUT2D eigenvalue weighted by Gasteiger charge is -2.35. The van der Waals surface area contributed by atoms with Crippen molar-refractivity contribution in [2.24, 2.45) is 7.05 Å². The normalized spacial score (nSPS) is 14.3. The van der Waals surface area contributed by atoms with Crippen molar-refractivity contribution in [2.45, 2.75) is 6.92 Å². The summed E-state index contributed by atoms with van der Waals surface area (Å²) < 4.78 is 1.67. The summed E-state index contributed by atoms with van der Waals surface area (Å²) in [5, 5.41) is 19.3. The number of carboxylic acids is 1. The van der Waals surface area contributed by atoms with Crippen molar-refractivity contribution < 1.29 is 19.5 Å². The first-order valence-electron chi connectivity index (χ1n) is 10.6. The summed E-state index contributed by atoms with van der Waals surface area (Å²) >= 11 is 5.87. The van der Waals surface area contributed by atoms with Gasteiger partial charge in [-0.3, -0.25) is 14.8 Å². The number of hydrogen-bond acceptors (Lipinski definition) is 7. The lowest BCUT2D eigenvalue weighted by molar-refractivity contribution is 0.0696. The number of fused-ring (bicyclic) bond motifs is 1. The highest BCUT2D eigenvalue weighted by molar-refractivity contribution is 6.33. The van der Waals surface area contributed by atoms with Gasteiger partial charge < -0.3 is 20.2 Å². The van der Waals surface area contributed by atoms with Crippen LogP contribution in [0.5, 0.6) is 0 Å². The van der Waals surface area contributed by atoms with E-state index in [-0.39, 0.29) is 21.8 Å². The SMILES string of the molecule is Cc1nn(C)c2ncc(C(=O)NC(=O)Nc3ccc(Cl)c(C(=O)O)c3)c(N3CCN(C)CC3)c12. The van der Waals surface area contributed by atoms with E-state index in [9.17, 15) is 19.5 Å². The van der Waals surface area contributed by atoms with Crippen LogP contribution in [0.3, 0.4) is 0 Å². The third-order valence-electron chi connectivity index (χ3n) is 5.75. The number of aromatic nitrogens is 3. The quantitative estimate of drug-likeness (QED) is 0.513. The summed E-state index contributed by atoms with van der Waals surface area (Å²) in [6, 6.07) is 3.21. The van der Waals surface area contributed by atoms with Crippen molar-refractivity contribution in [3.8, 4) is 0 Å². The molecule has 0 bridgehead atoms. The number of piperazine rings is 1. The first-order valence-corrected chi connectivity index (χ1v) is 10.9. The van der Waals surface area contributed by atoms with Crippen LogP contribution < -0.4 is 15.5 Å². The fourth-order valence-corrected chi connectivity index (χ4v) is 4.22. The molecule has 0 unspecified atom stereocenters. The third-order valence-corrected chi connectivity index (χ3v) is 6.08. The van der Waals surface area contributed by atoms with Crippen LogP contribution in [-0.2, 0) is 7.05 Å². The number of carboxylic acid groups (broad SMARTS) is 1. The number of halogens is 1. The van der Waals surface area contributed by atoms with Crippen LogP contribution in [0, 0.1) is 6.92 Å². The van der Waals surface area contributed by atoms with Crippen LogP contribution in [0.1, 0.15) is 26.4 Å². The Hall–Kier alpha value is -3.70. The molecule has 0 atom stereocenters. The summed E-state index contributed by atoms with van der Waals surface area (Å²) in [7, 11) is 3.83. The minimum atomic E-state index is -1.23. The highest BCUT2D eigenvalue weighted by Crippen LogP contribution is 2.32. The number of nitrogens with zero attached hydrogens (tertiary/aromatic N) is 5. The number of carbonyl (C=O) groups excluding carboxylic acids is 2. The lowest BCUT2D eigenvalue weighted by atomic mass is 10.1. The van der Waals surface area contributed by atoms with Gasteiger partial charge in [0.05, 0.1) is 32.9 Å². The molecule has 2 aromatic heterocycles. The Morgan fingerprint density at radius 1 is 1.09 bits per heavy atom. The molecule has 1 aliphatic rings. The number of benzene rings is 1. The molecular weight excluding hydrogens is 462 g/mol. The number of aromatic carboxylic acids is 1. The van der Waals surface area contributed by atoms with E-state index >= 15 is 0 Å². The molecule has 0 spiro atoms. The Morgan fingerprint density at radius 2 is 1.79 bits per heavy atom. The van der Waals surface area contributed by atoms with Crippen LogP contribution >= 0.6 is 11.6 Å². The molecular formula is C22H24ClN7O4. The summed E-state index contributed by atoms with van der Waals surface area (Å²) in [5.74, 6) is -1.86. The highest BCUT2D eigenvalue weighted by atomic mass is 35.5. The largest absolute Gasteiger partial charge is 0.478 e. The molecule has 3 aromatic rings. The van der Waals surface area contributed by atoms with Crippen molar-refractivity contribution in [3.63, 3.8) is 0 Å². The van der Waals surface area contributed by atoms with Crippen molar-refractivity contribution in [1.82, 2.24) is 25.0 Å². The molecule has 0 radical (unpaired) electrons. The minimum Gasteiger partial charge on any atom is -0.478 e. The van der Waals surface area contributed by atoms with Gasteiger partial charge in [0.2, 0.25) is 0 Å². The number of pyridine rings is 1. The van der Waals surface area contributed by atoms with Crippen LogP contribution in [0.25, 0.3) is 11.0 Å². The molecule has 3 N–H and O–H groups in total. The van der Waals surface area contributed by atoms with E-state index in [0.29, 0.717) is 24.4 Å². The van der Waals surface area contributed by atoms with Gasteiger partial charge in [-0.15, -0.1) is 0 Å². The number of carbonyl (C=O) groups is 3. The van der Waals surface area contributed by atoms with Crippen LogP contribution in [0.4, 0.5) is 16.2 Å². The maximum Gasteiger partial charge on any atom is 0.337 e. The number of nitrogens with one attached hydrogen (secondary N) is 2. The zero-order valence-corrected chi connectivity index (χ0v) is 19.7. The number of hydrogen-bond donors (Lipinski definition) is 3.